The number of ether oxygens (including phenoxy) is 1. The Morgan fingerprint density at radius 1 is 1.21 bits per heavy atom. The van der Waals surface area contributed by atoms with Crippen molar-refractivity contribution in [3.05, 3.63) is 12.2 Å². The SMILES string of the molecule is C=C(C)C(=O)OCCOP(=O)([O-])OCC[N+](C)(C)[13CH3]. The summed E-state index contributed by atoms with van der Waals surface area (Å²) in [5, 5.41) is 0. The van der Waals surface area contributed by atoms with Gasteiger partial charge in [0, 0.05) is 5.57 Å². The van der Waals surface area contributed by atoms with E-state index in [0.29, 0.717) is 11.0 Å². The van der Waals surface area contributed by atoms with Gasteiger partial charge in [0.25, 0.3) is 7.82 Å². The minimum absolute atomic E-state index is 0.0375. The number of nitrogens with zero attached hydrogens (tertiary/aromatic N) is 1. The molecule has 0 rings (SSSR count). The zero-order chi connectivity index (χ0) is 15.1. The Morgan fingerprint density at radius 3 is 2.21 bits per heavy atom. The molecular formula is C11H22NO6P. The lowest BCUT2D eigenvalue weighted by atomic mass is 10.4. The van der Waals surface area contributed by atoms with E-state index in [1.807, 2.05) is 21.1 Å². The van der Waals surface area contributed by atoms with E-state index in [9.17, 15) is 14.3 Å². The fourth-order valence-corrected chi connectivity index (χ4v) is 1.55. The van der Waals surface area contributed by atoms with E-state index in [-0.39, 0.29) is 25.4 Å². The van der Waals surface area contributed by atoms with Gasteiger partial charge < -0.3 is 23.2 Å². The lowest BCUT2D eigenvalue weighted by Crippen LogP contribution is -2.37. The Morgan fingerprint density at radius 2 is 1.74 bits per heavy atom. The molecule has 0 aliphatic rings. The molecule has 0 radical (unpaired) electrons. The van der Waals surface area contributed by atoms with Crippen LogP contribution in [0.25, 0.3) is 0 Å². The molecule has 1 atom stereocenters. The number of carbonyl (C=O) groups excluding carboxylic acids is 1. The van der Waals surface area contributed by atoms with Gasteiger partial charge in [-0.2, -0.15) is 0 Å². The van der Waals surface area contributed by atoms with Gasteiger partial charge in [-0.25, -0.2) is 4.79 Å². The van der Waals surface area contributed by atoms with E-state index in [0.717, 1.165) is 0 Å². The molecule has 0 aromatic carbocycles. The topological polar surface area (TPSA) is 84.9 Å². The van der Waals surface area contributed by atoms with Crippen molar-refractivity contribution in [1.29, 1.82) is 0 Å². The summed E-state index contributed by atoms with van der Waals surface area (Å²) >= 11 is 0. The highest BCUT2D eigenvalue weighted by Crippen LogP contribution is 2.37. The summed E-state index contributed by atoms with van der Waals surface area (Å²) in [6.07, 6.45) is 0. The lowest BCUT2D eigenvalue weighted by molar-refractivity contribution is -0.870. The van der Waals surface area contributed by atoms with Crippen LogP contribution in [0.4, 0.5) is 0 Å². The average Bonchev–Trinajstić information content (AvgIpc) is 2.21. The van der Waals surface area contributed by atoms with Crippen LogP contribution in [0.5, 0.6) is 0 Å². The number of quaternary nitrogens is 1. The van der Waals surface area contributed by atoms with Gasteiger partial charge in [0.1, 0.15) is 19.8 Å². The molecule has 0 amide bonds. The second kappa shape index (κ2) is 7.77. The zero-order valence-corrected chi connectivity index (χ0v) is 12.8. The van der Waals surface area contributed by atoms with Crippen LogP contribution in [0, 0.1) is 0 Å². The van der Waals surface area contributed by atoms with E-state index in [1.165, 1.54) is 6.92 Å². The third-order valence-electron chi connectivity index (χ3n) is 1.93. The summed E-state index contributed by atoms with van der Waals surface area (Å²) in [5.41, 5.74) is 0.240. The van der Waals surface area contributed by atoms with Crippen molar-refractivity contribution in [1.82, 2.24) is 0 Å². The first kappa shape index (κ1) is 18.3. The molecule has 0 aromatic heterocycles. The number of phosphoric acid groups is 1. The van der Waals surface area contributed by atoms with Crippen molar-refractivity contribution in [2.75, 3.05) is 47.5 Å². The number of carbonyl (C=O) groups is 1. The van der Waals surface area contributed by atoms with Gasteiger partial charge in [0.2, 0.25) is 0 Å². The van der Waals surface area contributed by atoms with Crippen LogP contribution in [0.3, 0.4) is 0 Å². The predicted octanol–water partition coefficient (Wildman–Crippen LogP) is 0.314. The smallest absolute Gasteiger partial charge is 0.333 e. The number of hydrogen-bond donors (Lipinski definition) is 0. The van der Waals surface area contributed by atoms with Gasteiger partial charge in [-0.15, -0.1) is 0 Å². The number of esters is 1. The Kier molecular flexibility index (Phi) is 7.47. The van der Waals surface area contributed by atoms with E-state index in [2.05, 4.69) is 20.4 Å². The molecule has 0 N–H and O–H groups in total. The number of rotatable bonds is 9. The van der Waals surface area contributed by atoms with E-state index < -0.39 is 13.8 Å². The Balaban J connectivity index is 3.82. The van der Waals surface area contributed by atoms with Crippen molar-refractivity contribution in [2.24, 2.45) is 0 Å². The molecule has 0 fully saturated rings. The minimum Gasteiger partial charge on any atom is -0.756 e. The molecule has 1 unspecified atom stereocenters. The molecule has 0 spiro atoms. The standard InChI is InChI=1S/C11H22NO6P/c1-10(2)11(13)16-8-9-18-19(14,15)17-7-6-12(3,4)5/h1,6-9H2,2-5H3/i3+1. The van der Waals surface area contributed by atoms with Crippen LogP contribution in [0.1, 0.15) is 6.92 Å². The maximum absolute atomic E-state index is 11.3. The third kappa shape index (κ3) is 10.9. The summed E-state index contributed by atoms with van der Waals surface area (Å²) in [5.74, 6) is -0.588. The largest absolute Gasteiger partial charge is 0.756 e. The first-order valence-corrected chi connectivity index (χ1v) is 7.23. The molecule has 0 heterocycles. The number of hydrogen-bond acceptors (Lipinski definition) is 6. The predicted molar refractivity (Wildman–Crippen MR) is 68.2 cm³/mol. The van der Waals surface area contributed by atoms with Crippen molar-refractivity contribution in [2.45, 2.75) is 6.92 Å². The molecule has 0 saturated heterocycles. The fourth-order valence-electron chi connectivity index (χ4n) is 0.870. The van der Waals surface area contributed by atoms with Crippen LogP contribution < -0.4 is 4.89 Å². The van der Waals surface area contributed by atoms with Gasteiger partial charge in [0.15, 0.2) is 0 Å². The van der Waals surface area contributed by atoms with Crippen LogP contribution >= 0.6 is 7.82 Å². The molecule has 7 nitrogen and oxygen atoms in total. The molecule has 0 aromatic rings. The van der Waals surface area contributed by atoms with Gasteiger partial charge >= 0.3 is 5.97 Å². The highest BCUT2D eigenvalue weighted by molar-refractivity contribution is 7.45. The van der Waals surface area contributed by atoms with Gasteiger partial charge in [-0.05, 0) is 6.92 Å². The first-order valence-electron chi connectivity index (χ1n) is 5.77. The normalized spacial score (nSPS) is 14.8. The maximum Gasteiger partial charge on any atom is 0.333 e. The van der Waals surface area contributed by atoms with Gasteiger partial charge in [-0.1, -0.05) is 6.58 Å². The summed E-state index contributed by atoms with van der Waals surface area (Å²) in [6.45, 7) is 5.01. The van der Waals surface area contributed by atoms with Crippen LogP contribution in [-0.2, 0) is 23.1 Å². The number of likely N-dealkylation sites (N-methyl/N-ethyl adjacent to an activating group) is 1. The van der Waals surface area contributed by atoms with Gasteiger partial charge in [-0.3, -0.25) is 4.57 Å². The molecule has 0 bridgehead atoms. The van der Waals surface area contributed by atoms with Crippen LogP contribution in [0.2, 0.25) is 0 Å². The fraction of sp³-hybridized carbons (Fsp3) is 0.727. The van der Waals surface area contributed by atoms with Crippen molar-refractivity contribution in [3.8, 4) is 0 Å². The molecule has 0 aliphatic carbocycles. The highest BCUT2D eigenvalue weighted by atomic mass is 31.2. The molecule has 19 heavy (non-hydrogen) atoms. The molecule has 112 valence electrons. The second-order valence-corrected chi connectivity index (χ2v) is 6.45. The molecule has 0 saturated carbocycles. The zero-order valence-electron chi connectivity index (χ0n) is 11.9. The Hall–Kier alpha value is -0.720. The summed E-state index contributed by atoms with van der Waals surface area (Å²) < 4.78 is 25.8. The molecule has 0 aliphatic heterocycles. The average molecular weight is 296 g/mol. The second-order valence-electron chi connectivity index (χ2n) is 5.04. The van der Waals surface area contributed by atoms with Gasteiger partial charge in [0.05, 0.1) is 27.7 Å². The van der Waals surface area contributed by atoms with Crippen LogP contribution in [-0.4, -0.2) is 58.0 Å². The Bertz CT molecular complexity index is 363. The Labute approximate surface area is 114 Å². The first-order chi connectivity index (χ1) is 8.53. The van der Waals surface area contributed by atoms with Crippen molar-refractivity contribution in [3.63, 3.8) is 0 Å². The minimum atomic E-state index is -4.34. The van der Waals surface area contributed by atoms with E-state index >= 15 is 0 Å². The van der Waals surface area contributed by atoms with Crippen molar-refractivity contribution >= 4 is 13.8 Å². The lowest BCUT2D eigenvalue weighted by Gasteiger charge is -2.27. The maximum atomic E-state index is 11.3. The molecule has 8 heteroatoms. The summed E-state index contributed by atoms with van der Waals surface area (Å²) in [4.78, 5) is 22.3. The monoisotopic (exact) mass is 296 g/mol. The third-order valence-corrected chi connectivity index (χ3v) is 2.92. The number of phosphoric ester groups is 1. The van der Waals surface area contributed by atoms with Crippen LogP contribution in [0.15, 0.2) is 12.2 Å². The quantitative estimate of drug-likeness (QED) is 0.152. The van der Waals surface area contributed by atoms with E-state index in [4.69, 9.17) is 0 Å². The summed E-state index contributed by atoms with van der Waals surface area (Å²) in [7, 11) is 1.41. The highest BCUT2D eigenvalue weighted by Gasteiger charge is 2.13. The summed E-state index contributed by atoms with van der Waals surface area (Å²) in [6, 6.07) is 0. The van der Waals surface area contributed by atoms with Crippen molar-refractivity contribution < 1.29 is 32.5 Å². The molecular weight excluding hydrogens is 274 g/mol. The van der Waals surface area contributed by atoms with E-state index in [1.54, 1.807) is 0 Å².